The second kappa shape index (κ2) is 15.5. The van der Waals surface area contributed by atoms with Gasteiger partial charge in [0, 0.05) is 42.7 Å². The number of carbonyl (C=O) groups excluding carboxylic acids is 1. The van der Waals surface area contributed by atoms with Gasteiger partial charge in [0.2, 0.25) is 5.91 Å². The number of nitrogens with zero attached hydrogens (tertiary/aromatic N) is 1. The number of rotatable bonds is 11. The third-order valence-corrected chi connectivity index (χ3v) is 6.02. The lowest BCUT2D eigenvalue weighted by Crippen LogP contribution is -2.41. The molecule has 1 atom stereocenters. The molecular weight excluding hydrogens is 479 g/mol. The molecular formula is C24H28Cl2N4O2S. The number of amides is 1. The zero-order valence-corrected chi connectivity index (χ0v) is 20.6. The molecule has 0 bridgehead atoms. The minimum Gasteiger partial charge on any atom is -0.400 e. The van der Waals surface area contributed by atoms with Crippen LogP contribution in [0.2, 0.25) is 10.0 Å². The summed E-state index contributed by atoms with van der Waals surface area (Å²) in [5, 5.41) is 14.5. The molecule has 4 N–H and O–H groups in total. The van der Waals surface area contributed by atoms with E-state index < -0.39 is 0 Å². The molecule has 0 saturated heterocycles. The van der Waals surface area contributed by atoms with E-state index in [1.54, 1.807) is 24.5 Å². The van der Waals surface area contributed by atoms with E-state index in [1.807, 2.05) is 36.4 Å². The van der Waals surface area contributed by atoms with Crippen molar-refractivity contribution in [3.63, 3.8) is 0 Å². The van der Waals surface area contributed by atoms with Crippen LogP contribution in [0.25, 0.3) is 0 Å². The first-order chi connectivity index (χ1) is 16.1. The molecule has 0 aliphatic heterocycles. The number of aliphatic hydroxyl groups is 1. The Hall–Kier alpha value is -2.29. The Kier molecular flexibility index (Phi) is 12.7. The summed E-state index contributed by atoms with van der Waals surface area (Å²) in [4.78, 5) is 17.4. The Morgan fingerprint density at radius 3 is 2.45 bits per heavy atom. The smallest absolute Gasteiger partial charge is 0.235 e. The van der Waals surface area contributed by atoms with Crippen LogP contribution in [-0.4, -0.2) is 42.2 Å². The topological polar surface area (TPSA) is 86.3 Å². The molecule has 0 radical (unpaired) electrons. The largest absolute Gasteiger partial charge is 0.400 e. The van der Waals surface area contributed by atoms with Crippen molar-refractivity contribution in [1.82, 2.24) is 15.0 Å². The molecule has 3 aromatic rings. The van der Waals surface area contributed by atoms with E-state index in [4.69, 9.17) is 28.3 Å². The lowest BCUT2D eigenvalue weighted by molar-refractivity contribution is -0.120. The van der Waals surface area contributed by atoms with Gasteiger partial charge in [-0.25, -0.2) is 0 Å². The fourth-order valence-corrected chi connectivity index (χ4v) is 4.03. The number of anilines is 1. The van der Waals surface area contributed by atoms with E-state index in [0.29, 0.717) is 10.0 Å². The van der Waals surface area contributed by atoms with Crippen molar-refractivity contribution in [3.8, 4) is 0 Å². The van der Waals surface area contributed by atoms with Gasteiger partial charge in [-0.1, -0.05) is 53.5 Å². The highest BCUT2D eigenvalue weighted by Crippen LogP contribution is 2.26. The maximum atomic E-state index is 12.5. The van der Waals surface area contributed by atoms with Crippen molar-refractivity contribution in [2.75, 3.05) is 25.5 Å². The number of aliphatic hydroxyl groups excluding tert-OH is 1. The van der Waals surface area contributed by atoms with Gasteiger partial charge in [0.05, 0.1) is 16.6 Å². The number of nitrogens with one attached hydrogen (secondary N) is 3. The Bertz CT molecular complexity index is 965. The fourth-order valence-electron chi connectivity index (χ4n) is 2.99. The molecule has 0 fully saturated rings. The average Bonchev–Trinajstić information content (AvgIpc) is 2.84. The highest BCUT2D eigenvalue weighted by Gasteiger charge is 2.13. The SMILES string of the molecule is CO.O=C(CNSc1ccc(Cl)c(Cl)c1)N[C@H](CCNc1ccncc1)Cc1ccccc1. The van der Waals surface area contributed by atoms with Gasteiger partial charge in [-0.2, -0.15) is 0 Å². The minimum atomic E-state index is -0.0580. The number of hydrogen-bond acceptors (Lipinski definition) is 6. The van der Waals surface area contributed by atoms with Crippen LogP contribution in [0.4, 0.5) is 5.69 Å². The van der Waals surface area contributed by atoms with Crippen molar-refractivity contribution >= 4 is 46.7 Å². The Labute approximate surface area is 209 Å². The van der Waals surface area contributed by atoms with Gasteiger partial charge in [0.1, 0.15) is 0 Å². The van der Waals surface area contributed by atoms with Crippen LogP contribution < -0.4 is 15.4 Å². The predicted octanol–water partition coefficient (Wildman–Crippen LogP) is 4.82. The van der Waals surface area contributed by atoms with Crippen LogP contribution in [0.1, 0.15) is 12.0 Å². The van der Waals surface area contributed by atoms with Gasteiger partial charge in [0.25, 0.3) is 0 Å². The number of aromatic nitrogens is 1. The van der Waals surface area contributed by atoms with Crippen LogP contribution in [-0.2, 0) is 11.2 Å². The predicted molar refractivity (Wildman–Crippen MR) is 138 cm³/mol. The van der Waals surface area contributed by atoms with Gasteiger partial charge in [-0.15, -0.1) is 0 Å². The highest BCUT2D eigenvalue weighted by atomic mass is 35.5. The number of hydrogen-bond donors (Lipinski definition) is 4. The molecule has 2 aromatic carbocycles. The van der Waals surface area contributed by atoms with Crippen LogP contribution in [0.5, 0.6) is 0 Å². The van der Waals surface area contributed by atoms with Gasteiger partial charge >= 0.3 is 0 Å². The molecule has 0 unspecified atom stereocenters. The van der Waals surface area contributed by atoms with Crippen molar-refractivity contribution in [1.29, 1.82) is 0 Å². The molecule has 1 aromatic heterocycles. The van der Waals surface area contributed by atoms with Crippen molar-refractivity contribution in [2.45, 2.75) is 23.8 Å². The van der Waals surface area contributed by atoms with Crippen molar-refractivity contribution in [2.24, 2.45) is 0 Å². The second-order valence-corrected chi connectivity index (χ2v) is 8.68. The van der Waals surface area contributed by atoms with Gasteiger partial charge in [-0.3, -0.25) is 14.5 Å². The Morgan fingerprint density at radius 2 is 1.76 bits per heavy atom. The van der Waals surface area contributed by atoms with Gasteiger partial charge < -0.3 is 15.7 Å². The molecule has 1 heterocycles. The van der Waals surface area contributed by atoms with Crippen LogP contribution in [0.3, 0.4) is 0 Å². The molecule has 0 saturated carbocycles. The molecule has 9 heteroatoms. The fraction of sp³-hybridized carbons (Fsp3) is 0.250. The van der Waals surface area contributed by atoms with Crippen molar-refractivity contribution in [3.05, 3.63) is 88.7 Å². The first-order valence-electron chi connectivity index (χ1n) is 10.4. The van der Waals surface area contributed by atoms with Gasteiger partial charge in [-0.05, 0) is 60.7 Å². The number of benzene rings is 2. The zero-order valence-electron chi connectivity index (χ0n) is 18.3. The van der Waals surface area contributed by atoms with E-state index in [-0.39, 0.29) is 18.5 Å². The van der Waals surface area contributed by atoms with Crippen molar-refractivity contribution < 1.29 is 9.90 Å². The molecule has 1 amide bonds. The van der Waals surface area contributed by atoms with E-state index in [0.717, 1.165) is 37.1 Å². The normalized spacial score (nSPS) is 11.2. The molecule has 6 nitrogen and oxygen atoms in total. The van der Waals surface area contributed by atoms with E-state index in [1.165, 1.54) is 17.5 Å². The summed E-state index contributed by atoms with van der Waals surface area (Å²) in [5.41, 5.74) is 2.20. The summed E-state index contributed by atoms with van der Waals surface area (Å²) >= 11 is 13.3. The summed E-state index contributed by atoms with van der Waals surface area (Å²) in [6.07, 6.45) is 5.07. The summed E-state index contributed by atoms with van der Waals surface area (Å²) in [5.74, 6) is -0.0580. The lowest BCUT2D eigenvalue weighted by atomic mass is 10.0. The number of pyridine rings is 1. The third-order valence-electron chi connectivity index (χ3n) is 4.51. The van der Waals surface area contributed by atoms with E-state index in [9.17, 15) is 4.79 Å². The first-order valence-corrected chi connectivity index (χ1v) is 11.9. The lowest BCUT2D eigenvalue weighted by Gasteiger charge is -2.20. The molecule has 0 spiro atoms. The van der Waals surface area contributed by atoms with Crippen LogP contribution in [0, 0.1) is 0 Å². The van der Waals surface area contributed by atoms with Gasteiger partial charge in [0.15, 0.2) is 0 Å². The highest BCUT2D eigenvalue weighted by molar-refractivity contribution is 7.97. The molecule has 3 rings (SSSR count). The maximum absolute atomic E-state index is 12.5. The monoisotopic (exact) mass is 506 g/mol. The molecule has 33 heavy (non-hydrogen) atoms. The van der Waals surface area contributed by atoms with Crippen LogP contribution >= 0.6 is 35.1 Å². The Balaban J connectivity index is 0.00000187. The molecule has 0 aliphatic rings. The summed E-state index contributed by atoms with van der Waals surface area (Å²) in [7, 11) is 1.00. The summed E-state index contributed by atoms with van der Waals surface area (Å²) < 4.78 is 3.08. The first kappa shape index (κ1) is 27.0. The number of halogens is 2. The summed E-state index contributed by atoms with van der Waals surface area (Å²) in [6, 6.07) is 19.4. The third kappa shape index (κ3) is 10.5. The molecule has 0 aliphatic carbocycles. The summed E-state index contributed by atoms with van der Waals surface area (Å²) in [6.45, 7) is 0.932. The number of carbonyl (C=O) groups is 1. The maximum Gasteiger partial charge on any atom is 0.235 e. The molecule has 176 valence electrons. The Morgan fingerprint density at radius 1 is 1.03 bits per heavy atom. The quantitative estimate of drug-likeness (QED) is 0.279. The standard InChI is InChI=1S/C23H24Cl2N4OS.CH4O/c24-21-7-6-20(15-22(21)25)31-28-16-23(30)29-19(14-17-4-2-1-3-5-17)10-13-27-18-8-11-26-12-9-18;1-2/h1-9,11-12,15,19,28H,10,13-14,16H2,(H,26,27)(H,29,30);2H,1H3/t19-;/m1./s1. The second-order valence-electron chi connectivity index (χ2n) is 6.90. The zero-order chi connectivity index (χ0) is 23.9. The van der Waals surface area contributed by atoms with Crippen LogP contribution in [0.15, 0.2) is 78.0 Å². The van der Waals surface area contributed by atoms with E-state index in [2.05, 4.69) is 32.5 Å². The van der Waals surface area contributed by atoms with E-state index >= 15 is 0 Å². The average molecular weight is 507 g/mol. The minimum absolute atomic E-state index is 0.0148.